The van der Waals surface area contributed by atoms with Gasteiger partial charge < -0.3 is 4.90 Å². The summed E-state index contributed by atoms with van der Waals surface area (Å²) in [5.74, 6) is 0.590. The van der Waals surface area contributed by atoms with Crippen LogP contribution in [-0.4, -0.2) is 26.4 Å². The van der Waals surface area contributed by atoms with Crippen molar-refractivity contribution < 1.29 is 8.78 Å². The van der Waals surface area contributed by atoms with E-state index < -0.39 is 5.82 Å². The minimum absolute atomic E-state index is 0.201. The third-order valence-electron chi connectivity index (χ3n) is 5.50. The van der Waals surface area contributed by atoms with Gasteiger partial charge in [-0.25, -0.2) is 23.7 Å². The van der Waals surface area contributed by atoms with Gasteiger partial charge >= 0.3 is 0 Å². The lowest BCUT2D eigenvalue weighted by Gasteiger charge is -2.33. The predicted octanol–water partition coefficient (Wildman–Crippen LogP) is 5.13. The van der Waals surface area contributed by atoms with Crippen LogP contribution in [0.4, 0.5) is 8.78 Å². The summed E-state index contributed by atoms with van der Waals surface area (Å²) in [4.78, 5) is 14.8. The van der Waals surface area contributed by atoms with Crippen LogP contribution in [0.25, 0.3) is 11.5 Å². The lowest BCUT2D eigenvalue weighted by atomic mass is 9.78. The fourth-order valence-electron chi connectivity index (χ4n) is 4.05. The van der Waals surface area contributed by atoms with Gasteiger partial charge in [-0.05, 0) is 43.4 Å². The van der Waals surface area contributed by atoms with Crippen molar-refractivity contribution in [1.29, 1.82) is 0 Å². The molecule has 0 bridgehead atoms. The number of nitrogens with zero attached hydrogens (tertiary/aromatic N) is 4. The predicted molar refractivity (Wildman–Crippen MR) is 104 cm³/mol. The van der Waals surface area contributed by atoms with Crippen molar-refractivity contribution in [3.05, 3.63) is 76.2 Å². The molecule has 0 radical (unpaired) electrons. The molecule has 1 aliphatic carbocycles. The molecular weight excluding hydrogens is 378 g/mol. The van der Waals surface area contributed by atoms with E-state index in [0.29, 0.717) is 23.4 Å². The van der Waals surface area contributed by atoms with Gasteiger partial charge in [0.25, 0.3) is 0 Å². The molecule has 0 spiro atoms. The van der Waals surface area contributed by atoms with E-state index in [1.165, 1.54) is 11.6 Å². The standard InChI is InChI=1S/C21H18F2N4S/c22-16-4-6-18-5-3-13-7-14(1-2-15(13)10-27(18)11-16)21-26-19(12-28-21)20-24-8-17(23)9-25-20/h3-6,8-9,11-12,14-15H,1-2,7,10H2/t14-,15+/m0/s1. The van der Waals surface area contributed by atoms with E-state index >= 15 is 0 Å². The molecule has 2 atom stereocenters. The topological polar surface area (TPSA) is 41.9 Å². The summed E-state index contributed by atoms with van der Waals surface area (Å²) in [6.45, 7) is 0.814. The van der Waals surface area contributed by atoms with E-state index in [1.807, 2.05) is 16.4 Å². The van der Waals surface area contributed by atoms with Crippen molar-refractivity contribution in [2.75, 3.05) is 6.54 Å². The van der Waals surface area contributed by atoms with Gasteiger partial charge in [-0.15, -0.1) is 11.3 Å². The Morgan fingerprint density at radius 1 is 1.04 bits per heavy atom. The zero-order valence-corrected chi connectivity index (χ0v) is 15.9. The van der Waals surface area contributed by atoms with Crippen LogP contribution in [0, 0.1) is 11.7 Å². The minimum atomic E-state index is -0.451. The summed E-state index contributed by atoms with van der Waals surface area (Å²) in [7, 11) is 0. The maximum absolute atomic E-state index is 13.6. The molecule has 3 aliphatic rings. The third-order valence-corrected chi connectivity index (χ3v) is 6.51. The summed E-state index contributed by atoms with van der Waals surface area (Å²) in [5, 5.41) is 3.01. The molecule has 0 saturated heterocycles. The van der Waals surface area contributed by atoms with E-state index in [-0.39, 0.29) is 5.83 Å². The summed E-state index contributed by atoms with van der Waals surface area (Å²) < 4.78 is 26.6. The largest absolute Gasteiger partial charge is 0.344 e. The third kappa shape index (κ3) is 3.30. The molecule has 0 unspecified atom stereocenters. The average molecular weight is 396 g/mol. The zero-order valence-electron chi connectivity index (χ0n) is 15.1. The first-order chi connectivity index (χ1) is 13.7. The molecule has 4 nitrogen and oxygen atoms in total. The quantitative estimate of drug-likeness (QED) is 0.706. The fourth-order valence-corrected chi connectivity index (χ4v) is 4.99. The first-order valence-corrected chi connectivity index (χ1v) is 10.2. The Kier molecular flexibility index (Phi) is 4.39. The number of halogens is 2. The van der Waals surface area contributed by atoms with E-state index in [2.05, 4.69) is 22.1 Å². The van der Waals surface area contributed by atoms with Gasteiger partial charge in [0.1, 0.15) is 11.5 Å². The maximum atomic E-state index is 13.6. The van der Waals surface area contributed by atoms with Crippen LogP contribution in [0.5, 0.6) is 0 Å². The second-order valence-electron chi connectivity index (χ2n) is 7.30. The summed E-state index contributed by atoms with van der Waals surface area (Å²) >= 11 is 1.61. The number of thiazole rings is 1. The molecule has 2 aromatic rings. The molecule has 4 heterocycles. The van der Waals surface area contributed by atoms with Crippen LogP contribution in [0.2, 0.25) is 0 Å². The monoisotopic (exact) mass is 396 g/mol. The highest BCUT2D eigenvalue weighted by Gasteiger charge is 2.31. The Morgan fingerprint density at radius 3 is 2.71 bits per heavy atom. The van der Waals surface area contributed by atoms with Crippen LogP contribution in [0.1, 0.15) is 30.2 Å². The number of fused-ring (bicyclic) bond motifs is 2. The van der Waals surface area contributed by atoms with Gasteiger partial charge in [0, 0.05) is 29.7 Å². The molecule has 7 heteroatoms. The highest BCUT2D eigenvalue weighted by atomic mass is 32.1. The first kappa shape index (κ1) is 17.4. The molecule has 0 amide bonds. The van der Waals surface area contributed by atoms with Gasteiger partial charge in [-0.1, -0.05) is 11.6 Å². The summed E-state index contributed by atoms with van der Waals surface area (Å²) in [5.41, 5.74) is 3.13. The SMILES string of the molecule is FC1=CN2C[C@H]3CC[C@H](c4nc(-c5ncc(F)cn5)cs4)CC3=CC=C2C=C1. The van der Waals surface area contributed by atoms with Gasteiger partial charge in [-0.2, -0.15) is 0 Å². The second-order valence-corrected chi connectivity index (χ2v) is 8.19. The van der Waals surface area contributed by atoms with Crippen molar-refractivity contribution in [1.82, 2.24) is 19.9 Å². The number of rotatable bonds is 2. The Balaban J connectivity index is 1.35. The van der Waals surface area contributed by atoms with Crippen molar-refractivity contribution in [2.45, 2.75) is 25.2 Å². The van der Waals surface area contributed by atoms with Gasteiger partial charge in [-0.3, -0.25) is 0 Å². The molecule has 2 aliphatic heterocycles. The molecule has 2 aromatic heterocycles. The molecule has 1 saturated carbocycles. The van der Waals surface area contributed by atoms with Crippen LogP contribution in [0.15, 0.2) is 65.4 Å². The van der Waals surface area contributed by atoms with E-state index in [1.54, 1.807) is 17.5 Å². The molecule has 28 heavy (non-hydrogen) atoms. The maximum Gasteiger partial charge on any atom is 0.179 e. The molecule has 5 rings (SSSR count). The number of hydrogen-bond acceptors (Lipinski definition) is 5. The minimum Gasteiger partial charge on any atom is -0.344 e. The second kappa shape index (κ2) is 7.05. The fraction of sp³-hybridized carbons (Fsp3) is 0.286. The molecule has 142 valence electrons. The first-order valence-electron chi connectivity index (χ1n) is 9.32. The van der Waals surface area contributed by atoms with E-state index in [4.69, 9.17) is 4.98 Å². The smallest absolute Gasteiger partial charge is 0.179 e. The highest BCUT2D eigenvalue weighted by molar-refractivity contribution is 7.10. The summed E-state index contributed by atoms with van der Waals surface area (Å²) in [6.07, 6.45) is 14.6. The van der Waals surface area contributed by atoms with Gasteiger partial charge in [0.2, 0.25) is 0 Å². The number of hydrogen-bond donors (Lipinski definition) is 0. The lowest BCUT2D eigenvalue weighted by molar-refractivity contribution is 0.331. The number of aromatic nitrogens is 3. The Bertz CT molecular complexity index is 1020. The van der Waals surface area contributed by atoms with Crippen LogP contribution in [-0.2, 0) is 0 Å². The number of allylic oxidation sites excluding steroid dienone is 5. The Morgan fingerprint density at radius 2 is 1.86 bits per heavy atom. The van der Waals surface area contributed by atoms with Crippen molar-refractivity contribution >= 4 is 11.3 Å². The molecule has 1 fully saturated rings. The van der Waals surface area contributed by atoms with Crippen molar-refractivity contribution in [2.24, 2.45) is 5.92 Å². The molecule has 0 N–H and O–H groups in total. The van der Waals surface area contributed by atoms with Crippen molar-refractivity contribution in [3.63, 3.8) is 0 Å². The van der Waals surface area contributed by atoms with Crippen LogP contribution >= 0.6 is 11.3 Å². The van der Waals surface area contributed by atoms with Crippen LogP contribution < -0.4 is 0 Å². The van der Waals surface area contributed by atoms with Gasteiger partial charge in [0.15, 0.2) is 11.6 Å². The Hall–Kier alpha value is -2.67. The van der Waals surface area contributed by atoms with E-state index in [0.717, 1.165) is 48.9 Å². The average Bonchev–Trinajstić information content (AvgIpc) is 3.12. The Labute approximate surface area is 165 Å². The zero-order chi connectivity index (χ0) is 19.1. The van der Waals surface area contributed by atoms with Crippen molar-refractivity contribution in [3.8, 4) is 11.5 Å². The lowest BCUT2D eigenvalue weighted by Crippen LogP contribution is -2.28. The van der Waals surface area contributed by atoms with Crippen LogP contribution in [0.3, 0.4) is 0 Å². The normalized spacial score (nSPS) is 23.9. The summed E-state index contributed by atoms with van der Waals surface area (Å²) in [6, 6.07) is 0. The highest BCUT2D eigenvalue weighted by Crippen LogP contribution is 2.42. The van der Waals surface area contributed by atoms with E-state index in [9.17, 15) is 8.78 Å². The molecular formula is C21H18F2N4S. The molecule has 0 aromatic carbocycles. The van der Waals surface area contributed by atoms with Gasteiger partial charge in [0.05, 0.1) is 17.4 Å².